The van der Waals surface area contributed by atoms with Crippen LogP contribution in [0.15, 0.2) is 24.4 Å². The zero-order valence-corrected chi connectivity index (χ0v) is 18.6. The molecule has 0 bridgehead atoms. The molecule has 0 N–H and O–H groups in total. The standard InChI is InChI=1S/C22H32N4O2S/c1-5-19-10-20-21(29-19)6-9-28-22(20)7-8-25(17(3)11-22)13-18-14-26(24-23-18)12-16(2)15-27-4/h10,14,17H,2,5-9,11-13,15H2,1,3-4H3/t17-,22+/m0/s1. The first kappa shape index (κ1) is 20.7. The van der Waals surface area contributed by atoms with Crippen molar-refractivity contribution in [2.45, 2.75) is 64.3 Å². The number of methoxy groups -OCH3 is 1. The van der Waals surface area contributed by atoms with E-state index in [0.717, 1.165) is 56.6 Å². The molecule has 0 aliphatic carbocycles. The fourth-order valence-corrected chi connectivity index (χ4v) is 5.86. The maximum Gasteiger partial charge on any atom is 0.0969 e. The maximum atomic E-state index is 6.46. The number of ether oxygens (including phenoxy) is 2. The number of nitrogens with zero attached hydrogens (tertiary/aromatic N) is 4. The van der Waals surface area contributed by atoms with Crippen LogP contribution in [0.4, 0.5) is 0 Å². The summed E-state index contributed by atoms with van der Waals surface area (Å²) in [5.41, 5.74) is 3.37. The molecule has 2 aliphatic heterocycles. The Morgan fingerprint density at radius 2 is 2.34 bits per heavy atom. The second kappa shape index (κ2) is 8.68. The summed E-state index contributed by atoms with van der Waals surface area (Å²) in [7, 11) is 1.68. The van der Waals surface area contributed by atoms with Crippen LogP contribution in [0.5, 0.6) is 0 Å². The number of likely N-dealkylation sites (tertiary alicyclic amines) is 1. The van der Waals surface area contributed by atoms with Crippen molar-refractivity contribution in [2.24, 2.45) is 0 Å². The Kier molecular flexibility index (Phi) is 6.20. The van der Waals surface area contributed by atoms with Gasteiger partial charge in [-0.3, -0.25) is 4.90 Å². The van der Waals surface area contributed by atoms with Gasteiger partial charge in [-0.25, -0.2) is 4.68 Å². The van der Waals surface area contributed by atoms with Crippen LogP contribution in [-0.2, 0) is 41.0 Å². The molecule has 4 rings (SSSR count). The van der Waals surface area contributed by atoms with E-state index in [-0.39, 0.29) is 5.60 Å². The zero-order valence-electron chi connectivity index (χ0n) is 17.8. The van der Waals surface area contributed by atoms with E-state index < -0.39 is 0 Å². The molecule has 29 heavy (non-hydrogen) atoms. The van der Waals surface area contributed by atoms with Gasteiger partial charge >= 0.3 is 0 Å². The van der Waals surface area contributed by atoms with Crippen LogP contribution in [0.1, 0.15) is 47.7 Å². The van der Waals surface area contributed by atoms with E-state index in [1.165, 1.54) is 10.4 Å². The summed E-state index contributed by atoms with van der Waals surface area (Å²) in [4.78, 5) is 5.54. The fraction of sp³-hybridized carbons (Fsp3) is 0.636. The van der Waals surface area contributed by atoms with E-state index >= 15 is 0 Å². The van der Waals surface area contributed by atoms with Gasteiger partial charge in [-0.05, 0) is 43.4 Å². The van der Waals surface area contributed by atoms with Gasteiger partial charge in [0.1, 0.15) is 0 Å². The van der Waals surface area contributed by atoms with E-state index in [9.17, 15) is 0 Å². The van der Waals surface area contributed by atoms with Crippen molar-refractivity contribution in [1.29, 1.82) is 0 Å². The minimum Gasteiger partial charge on any atom is -0.380 e. The first-order chi connectivity index (χ1) is 14.0. The molecule has 0 aromatic carbocycles. The van der Waals surface area contributed by atoms with Gasteiger partial charge in [0.25, 0.3) is 0 Å². The number of hydrogen-bond acceptors (Lipinski definition) is 6. The number of thiophene rings is 1. The Morgan fingerprint density at radius 3 is 3.10 bits per heavy atom. The molecule has 6 nitrogen and oxygen atoms in total. The van der Waals surface area contributed by atoms with Gasteiger partial charge in [-0.15, -0.1) is 16.4 Å². The molecule has 0 unspecified atom stereocenters. The van der Waals surface area contributed by atoms with Gasteiger partial charge in [-0.1, -0.05) is 18.7 Å². The van der Waals surface area contributed by atoms with Crippen molar-refractivity contribution in [3.8, 4) is 0 Å². The summed E-state index contributed by atoms with van der Waals surface area (Å²) < 4.78 is 13.4. The molecule has 1 saturated heterocycles. The molecule has 2 aliphatic rings. The maximum absolute atomic E-state index is 6.46. The van der Waals surface area contributed by atoms with Gasteiger partial charge in [0.15, 0.2) is 0 Å². The highest BCUT2D eigenvalue weighted by Crippen LogP contribution is 2.46. The van der Waals surface area contributed by atoms with Crippen molar-refractivity contribution < 1.29 is 9.47 Å². The van der Waals surface area contributed by atoms with Crippen LogP contribution < -0.4 is 0 Å². The largest absolute Gasteiger partial charge is 0.380 e. The molecule has 0 saturated carbocycles. The smallest absolute Gasteiger partial charge is 0.0969 e. The van der Waals surface area contributed by atoms with Gasteiger partial charge in [0, 0.05) is 42.4 Å². The van der Waals surface area contributed by atoms with Crippen molar-refractivity contribution in [3.05, 3.63) is 45.4 Å². The molecule has 2 atom stereocenters. The van der Waals surface area contributed by atoms with Crippen LogP contribution in [0.3, 0.4) is 0 Å². The number of fused-ring (bicyclic) bond motifs is 2. The first-order valence-electron chi connectivity index (χ1n) is 10.6. The minimum atomic E-state index is -0.0943. The average molecular weight is 417 g/mol. The Morgan fingerprint density at radius 1 is 1.48 bits per heavy atom. The number of aryl methyl sites for hydroxylation is 1. The van der Waals surface area contributed by atoms with E-state index in [2.05, 4.69) is 41.7 Å². The topological polar surface area (TPSA) is 52.4 Å². The van der Waals surface area contributed by atoms with Crippen LogP contribution in [-0.4, -0.2) is 52.8 Å². The van der Waals surface area contributed by atoms with E-state index in [1.807, 2.05) is 22.2 Å². The molecule has 1 spiro atoms. The molecule has 7 heteroatoms. The molecule has 0 radical (unpaired) electrons. The second-order valence-electron chi connectivity index (χ2n) is 8.36. The quantitative estimate of drug-likeness (QED) is 0.646. The molecular formula is C22H32N4O2S. The minimum absolute atomic E-state index is 0.0943. The number of hydrogen-bond donors (Lipinski definition) is 0. The van der Waals surface area contributed by atoms with Crippen molar-refractivity contribution in [3.63, 3.8) is 0 Å². The first-order valence-corrected chi connectivity index (χ1v) is 11.4. The summed E-state index contributed by atoms with van der Waals surface area (Å²) in [5.74, 6) is 0. The summed E-state index contributed by atoms with van der Waals surface area (Å²) in [6.45, 7) is 12.5. The van der Waals surface area contributed by atoms with Crippen molar-refractivity contribution >= 4 is 11.3 Å². The highest BCUT2D eigenvalue weighted by atomic mass is 32.1. The third-order valence-electron chi connectivity index (χ3n) is 6.14. The highest BCUT2D eigenvalue weighted by Gasteiger charge is 2.44. The number of piperidine rings is 1. The van der Waals surface area contributed by atoms with Crippen LogP contribution >= 0.6 is 11.3 Å². The predicted molar refractivity (Wildman–Crippen MR) is 115 cm³/mol. The molecule has 2 aromatic rings. The Bertz CT molecular complexity index is 861. The summed E-state index contributed by atoms with van der Waals surface area (Å²) in [5, 5.41) is 8.63. The molecule has 2 aromatic heterocycles. The van der Waals surface area contributed by atoms with Crippen molar-refractivity contribution in [1.82, 2.24) is 19.9 Å². The van der Waals surface area contributed by atoms with Crippen LogP contribution in [0.25, 0.3) is 0 Å². The molecule has 4 heterocycles. The van der Waals surface area contributed by atoms with E-state index in [4.69, 9.17) is 9.47 Å². The molecular weight excluding hydrogens is 384 g/mol. The van der Waals surface area contributed by atoms with Gasteiger partial charge in [-0.2, -0.15) is 0 Å². The summed E-state index contributed by atoms with van der Waals surface area (Å²) >= 11 is 1.99. The van der Waals surface area contributed by atoms with Gasteiger partial charge < -0.3 is 9.47 Å². The Balaban J connectivity index is 1.41. The summed E-state index contributed by atoms with van der Waals surface area (Å²) in [6, 6.07) is 2.85. The lowest BCUT2D eigenvalue weighted by molar-refractivity contribution is -0.112. The highest BCUT2D eigenvalue weighted by molar-refractivity contribution is 7.12. The SMILES string of the molecule is C=C(COC)Cn1cc(CN2CC[C@]3(C[C@@H]2C)OCCc2sc(CC)cc23)nn1. The second-order valence-corrected chi connectivity index (χ2v) is 9.58. The lowest BCUT2D eigenvalue weighted by Gasteiger charge is -2.47. The lowest BCUT2D eigenvalue weighted by atomic mass is 9.79. The van der Waals surface area contributed by atoms with E-state index in [0.29, 0.717) is 19.2 Å². The van der Waals surface area contributed by atoms with Crippen LogP contribution in [0, 0.1) is 0 Å². The normalized spacial score (nSPS) is 24.7. The predicted octanol–water partition coefficient (Wildman–Crippen LogP) is 3.56. The van der Waals surface area contributed by atoms with Crippen molar-refractivity contribution in [2.75, 3.05) is 26.9 Å². The van der Waals surface area contributed by atoms with Gasteiger partial charge in [0.2, 0.25) is 0 Å². The molecule has 1 fully saturated rings. The lowest BCUT2D eigenvalue weighted by Crippen LogP contribution is -2.50. The fourth-order valence-electron chi connectivity index (χ4n) is 4.69. The zero-order chi connectivity index (χ0) is 20.4. The number of rotatable bonds is 7. The molecule has 158 valence electrons. The average Bonchev–Trinajstić information content (AvgIpc) is 3.32. The molecule has 0 amide bonds. The Labute approximate surface area is 177 Å². The Hall–Kier alpha value is -1.54. The van der Waals surface area contributed by atoms with Gasteiger partial charge in [0.05, 0.1) is 37.3 Å². The monoisotopic (exact) mass is 416 g/mol. The van der Waals surface area contributed by atoms with E-state index in [1.54, 1.807) is 12.0 Å². The third-order valence-corrected chi connectivity index (χ3v) is 7.48. The summed E-state index contributed by atoms with van der Waals surface area (Å²) in [6.07, 6.45) is 6.29. The van der Waals surface area contributed by atoms with Crippen LogP contribution in [0.2, 0.25) is 0 Å². The third kappa shape index (κ3) is 4.33. The number of aromatic nitrogens is 3.